The van der Waals surface area contributed by atoms with Crippen molar-refractivity contribution in [3.05, 3.63) is 54.1 Å². The number of carbonyl (C=O) groups is 1. The number of piperazine rings is 1. The highest BCUT2D eigenvalue weighted by atomic mass is 16.5. The van der Waals surface area contributed by atoms with E-state index in [0.717, 1.165) is 24.4 Å². The summed E-state index contributed by atoms with van der Waals surface area (Å²) in [4.78, 5) is 28.3. The van der Waals surface area contributed by atoms with E-state index >= 15 is 0 Å². The van der Waals surface area contributed by atoms with Crippen molar-refractivity contribution in [3.63, 3.8) is 0 Å². The average molecular weight is 405 g/mol. The van der Waals surface area contributed by atoms with Gasteiger partial charge in [-0.05, 0) is 31.9 Å². The molecule has 30 heavy (non-hydrogen) atoms. The zero-order valence-electron chi connectivity index (χ0n) is 17.0. The third-order valence-electron chi connectivity index (χ3n) is 5.82. The van der Waals surface area contributed by atoms with E-state index in [4.69, 9.17) is 9.72 Å². The van der Waals surface area contributed by atoms with Gasteiger partial charge in [-0.2, -0.15) is 15.0 Å². The first-order chi connectivity index (χ1) is 14.7. The van der Waals surface area contributed by atoms with Crippen molar-refractivity contribution >= 4 is 11.7 Å². The van der Waals surface area contributed by atoms with Gasteiger partial charge in [-0.3, -0.25) is 4.79 Å². The summed E-state index contributed by atoms with van der Waals surface area (Å²) in [6, 6.07) is 7.84. The van der Waals surface area contributed by atoms with Crippen molar-refractivity contribution in [1.29, 1.82) is 0 Å². The number of likely N-dealkylation sites (tertiary alicyclic amines) is 1. The predicted molar refractivity (Wildman–Crippen MR) is 110 cm³/mol. The van der Waals surface area contributed by atoms with Crippen LogP contribution in [0.15, 0.2) is 42.9 Å². The van der Waals surface area contributed by atoms with Gasteiger partial charge >= 0.3 is 0 Å². The maximum atomic E-state index is 13.4. The van der Waals surface area contributed by atoms with Crippen LogP contribution in [0.2, 0.25) is 0 Å². The van der Waals surface area contributed by atoms with Crippen molar-refractivity contribution in [3.8, 4) is 11.6 Å². The first-order valence-electron chi connectivity index (χ1n) is 10.1. The molecule has 2 aliphatic heterocycles. The summed E-state index contributed by atoms with van der Waals surface area (Å²) in [5.74, 6) is 1.31. The summed E-state index contributed by atoms with van der Waals surface area (Å²) in [5, 5.41) is 8.39. The molecule has 9 nitrogen and oxygen atoms in total. The van der Waals surface area contributed by atoms with Crippen molar-refractivity contribution in [2.75, 3.05) is 25.1 Å². The number of amides is 1. The SMILES string of the molecule is COc1ncc(C)nc1N1C2CCC1CN(C(=O)c1ccccc1-n1nccn1)C2. The number of para-hydroxylation sites is 1. The van der Waals surface area contributed by atoms with Gasteiger partial charge in [0, 0.05) is 25.2 Å². The molecule has 9 heteroatoms. The molecule has 4 heterocycles. The summed E-state index contributed by atoms with van der Waals surface area (Å²) in [5.41, 5.74) is 2.15. The van der Waals surface area contributed by atoms with Gasteiger partial charge in [0.1, 0.15) is 0 Å². The van der Waals surface area contributed by atoms with Gasteiger partial charge in [0.2, 0.25) is 0 Å². The minimum absolute atomic E-state index is 0.00161. The number of anilines is 1. The number of benzene rings is 1. The number of hydrogen-bond acceptors (Lipinski definition) is 7. The van der Waals surface area contributed by atoms with E-state index in [1.807, 2.05) is 36.1 Å². The Morgan fingerprint density at radius 1 is 1.10 bits per heavy atom. The third-order valence-corrected chi connectivity index (χ3v) is 5.82. The number of ether oxygens (including phenoxy) is 1. The maximum Gasteiger partial charge on any atom is 0.257 e. The number of methoxy groups -OCH3 is 1. The molecule has 0 radical (unpaired) electrons. The topological polar surface area (TPSA) is 89.3 Å². The highest BCUT2D eigenvalue weighted by Gasteiger charge is 2.43. The fourth-order valence-corrected chi connectivity index (χ4v) is 4.52. The van der Waals surface area contributed by atoms with Crippen molar-refractivity contribution in [2.24, 2.45) is 0 Å². The monoisotopic (exact) mass is 405 g/mol. The highest BCUT2D eigenvalue weighted by Crippen LogP contribution is 2.38. The van der Waals surface area contributed by atoms with Gasteiger partial charge in [-0.1, -0.05) is 12.1 Å². The normalized spacial score (nSPS) is 20.5. The maximum absolute atomic E-state index is 13.4. The van der Waals surface area contributed by atoms with Crippen molar-refractivity contribution in [2.45, 2.75) is 31.8 Å². The van der Waals surface area contributed by atoms with Crippen LogP contribution in [0.4, 0.5) is 5.82 Å². The standard InChI is InChI=1S/C21H23N7O2/c1-14-11-22-20(30-2)19(25-14)27-15-7-8-16(27)13-26(12-15)21(29)17-5-3-4-6-18(17)28-23-9-10-24-28/h3-6,9-11,15-16H,7-8,12-13H2,1-2H3. The molecule has 2 unspecified atom stereocenters. The first-order valence-corrected chi connectivity index (χ1v) is 10.1. The van der Waals surface area contributed by atoms with Crippen LogP contribution in [-0.2, 0) is 0 Å². The van der Waals surface area contributed by atoms with Crippen LogP contribution in [0.5, 0.6) is 5.88 Å². The number of hydrogen-bond donors (Lipinski definition) is 0. The number of aryl methyl sites for hydroxylation is 1. The second kappa shape index (κ2) is 7.40. The average Bonchev–Trinajstić information content (AvgIpc) is 3.39. The summed E-state index contributed by atoms with van der Waals surface area (Å²) >= 11 is 0. The van der Waals surface area contributed by atoms with Crippen LogP contribution in [-0.4, -0.2) is 68.1 Å². The molecular weight excluding hydrogens is 382 g/mol. The van der Waals surface area contributed by atoms with Crippen LogP contribution < -0.4 is 9.64 Å². The number of aromatic nitrogens is 5. The van der Waals surface area contributed by atoms with Gasteiger partial charge < -0.3 is 14.5 Å². The molecule has 0 N–H and O–H groups in total. The summed E-state index contributed by atoms with van der Waals surface area (Å²) in [6.07, 6.45) is 6.95. The van der Waals surface area contributed by atoms with E-state index in [9.17, 15) is 4.79 Å². The van der Waals surface area contributed by atoms with Gasteiger partial charge in [0.25, 0.3) is 11.8 Å². The Balaban J connectivity index is 1.42. The lowest BCUT2D eigenvalue weighted by Gasteiger charge is -2.42. The minimum atomic E-state index is 0.00161. The molecule has 5 rings (SSSR count). The molecule has 1 aromatic carbocycles. The molecule has 2 aromatic heterocycles. The molecule has 2 fully saturated rings. The van der Waals surface area contributed by atoms with E-state index < -0.39 is 0 Å². The molecule has 154 valence electrons. The second-order valence-corrected chi connectivity index (χ2v) is 7.68. The molecule has 3 aromatic rings. The molecule has 0 spiro atoms. The van der Waals surface area contributed by atoms with Crippen LogP contribution in [0.3, 0.4) is 0 Å². The van der Waals surface area contributed by atoms with E-state index in [-0.39, 0.29) is 18.0 Å². The molecule has 2 saturated heterocycles. The largest absolute Gasteiger partial charge is 0.478 e. The van der Waals surface area contributed by atoms with E-state index in [0.29, 0.717) is 30.2 Å². The van der Waals surface area contributed by atoms with Crippen LogP contribution in [0, 0.1) is 6.92 Å². The summed E-state index contributed by atoms with van der Waals surface area (Å²) in [7, 11) is 1.62. The molecule has 0 aliphatic carbocycles. The van der Waals surface area contributed by atoms with E-state index in [1.165, 1.54) is 4.80 Å². The Morgan fingerprint density at radius 2 is 1.80 bits per heavy atom. The molecule has 2 aliphatic rings. The summed E-state index contributed by atoms with van der Waals surface area (Å²) < 4.78 is 5.47. The Morgan fingerprint density at radius 3 is 2.50 bits per heavy atom. The number of nitrogens with zero attached hydrogens (tertiary/aromatic N) is 7. The van der Waals surface area contributed by atoms with E-state index in [1.54, 1.807) is 25.7 Å². The van der Waals surface area contributed by atoms with Crippen molar-refractivity contribution in [1.82, 2.24) is 29.9 Å². The second-order valence-electron chi connectivity index (χ2n) is 7.68. The van der Waals surface area contributed by atoms with E-state index in [2.05, 4.69) is 20.1 Å². The lowest BCUT2D eigenvalue weighted by molar-refractivity contribution is 0.0717. The fourth-order valence-electron chi connectivity index (χ4n) is 4.52. The smallest absolute Gasteiger partial charge is 0.257 e. The predicted octanol–water partition coefficient (Wildman–Crippen LogP) is 1.87. The highest BCUT2D eigenvalue weighted by molar-refractivity contribution is 5.98. The van der Waals surface area contributed by atoms with Crippen LogP contribution >= 0.6 is 0 Å². The number of fused-ring (bicyclic) bond motifs is 2. The van der Waals surface area contributed by atoms with Gasteiger partial charge in [-0.25, -0.2) is 9.97 Å². The number of rotatable bonds is 4. The summed E-state index contributed by atoms with van der Waals surface area (Å²) in [6.45, 7) is 3.20. The van der Waals surface area contributed by atoms with Gasteiger partial charge in [0.05, 0.1) is 42.6 Å². The zero-order valence-corrected chi connectivity index (χ0v) is 17.0. The number of carbonyl (C=O) groups excluding carboxylic acids is 1. The Hall–Kier alpha value is -3.49. The first kappa shape index (κ1) is 18.5. The van der Waals surface area contributed by atoms with Crippen LogP contribution in [0.1, 0.15) is 28.9 Å². The van der Waals surface area contributed by atoms with Crippen LogP contribution in [0.25, 0.3) is 5.69 Å². The quantitative estimate of drug-likeness (QED) is 0.655. The van der Waals surface area contributed by atoms with Gasteiger partial charge in [0.15, 0.2) is 5.82 Å². The zero-order chi connectivity index (χ0) is 20.7. The molecule has 2 atom stereocenters. The molecule has 1 amide bonds. The lowest BCUT2D eigenvalue weighted by Crippen LogP contribution is -2.56. The minimum Gasteiger partial charge on any atom is -0.478 e. The Bertz CT molecular complexity index is 1050. The van der Waals surface area contributed by atoms with Crippen molar-refractivity contribution < 1.29 is 9.53 Å². The molecule has 0 saturated carbocycles. The Labute approximate surface area is 174 Å². The fraction of sp³-hybridized carbons (Fsp3) is 0.381. The Kier molecular flexibility index (Phi) is 4.57. The lowest BCUT2D eigenvalue weighted by atomic mass is 10.1. The molecule has 2 bridgehead atoms. The third kappa shape index (κ3) is 3.06. The molecular formula is C21H23N7O2. The van der Waals surface area contributed by atoms with Gasteiger partial charge in [-0.15, -0.1) is 0 Å².